The summed E-state index contributed by atoms with van der Waals surface area (Å²) >= 11 is 0. The van der Waals surface area contributed by atoms with E-state index in [4.69, 9.17) is 9.47 Å². The number of aromatic nitrogens is 4. The van der Waals surface area contributed by atoms with E-state index in [1.54, 1.807) is 0 Å². The molecule has 1 aromatic heterocycles. The quantitative estimate of drug-likeness (QED) is 0.471. The molecule has 0 unspecified atom stereocenters. The Labute approximate surface area is 160 Å². The lowest BCUT2D eigenvalue weighted by Gasteiger charge is -2.15. The number of nitrogens with one attached hydrogen (secondary N) is 1. The highest BCUT2D eigenvalue weighted by Gasteiger charge is 2.23. The fourth-order valence-corrected chi connectivity index (χ4v) is 2.20. The number of carbonyl (C=O) groups is 3. The zero-order valence-corrected chi connectivity index (χ0v) is 15.5. The number of aryl methyl sites for hydroxylation is 1. The largest absolute Gasteiger partial charge is 0.468 e. The van der Waals surface area contributed by atoms with Crippen LogP contribution in [0.2, 0.25) is 0 Å². The minimum absolute atomic E-state index is 0.0734. The lowest BCUT2D eigenvalue weighted by Crippen LogP contribution is -2.42. The van der Waals surface area contributed by atoms with Crippen molar-refractivity contribution in [3.05, 3.63) is 41.7 Å². The molecule has 0 aliphatic carbocycles. The van der Waals surface area contributed by atoms with E-state index in [0.717, 1.165) is 10.4 Å². The molecule has 2 aromatic rings. The van der Waals surface area contributed by atoms with Crippen molar-refractivity contribution in [2.75, 3.05) is 14.2 Å². The van der Waals surface area contributed by atoms with Crippen molar-refractivity contribution in [2.45, 2.75) is 32.0 Å². The first kappa shape index (κ1) is 20.8. The number of esters is 2. The van der Waals surface area contributed by atoms with Crippen LogP contribution in [0.4, 0.5) is 4.79 Å². The topological polar surface area (TPSA) is 135 Å². The van der Waals surface area contributed by atoms with Gasteiger partial charge in [-0.25, -0.2) is 14.4 Å². The van der Waals surface area contributed by atoms with E-state index in [2.05, 4.69) is 25.5 Å². The maximum Gasteiger partial charge on any atom is 0.408 e. The van der Waals surface area contributed by atoms with E-state index in [0.29, 0.717) is 5.82 Å². The fourth-order valence-electron chi connectivity index (χ4n) is 2.20. The SMILES string of the molecule is COC(=O)Cn1nnc(CC[C@H](NC(=O)OCc2ccccc2)C(=O)OC)n1. The summed E-state index contributed by atoms with van der Waals surface area (Å²) in [6.45, 7) is -0.0992. The summed E-state index contributed by atoms with van der Waals surface area (Å²) in [5.41, 5.74) is 0.818. The molecule has 1 atom stereocenters. The first-order valence-corrected chi connectivity index (χ1v) is 8.40. The second-order valence-corrected chi connectivity index (χ2v) is 5.63. The second-order valence-electron chi connectivity index (χ2n) is 5.63. The van der Waals surface area contributed by atoms with Crippen LogP contribution in [-0.4, -0.2) is 58.5 Å². The Balaban J connectivity index is 1.86. The van der Waals surface area contributed by atoms with Gasteiger partial charge in [-0.05, 0) is 17.2 Å². The van der Waals surface area contributed by atoms with Gasteiger partial charge in [0.25, 0.3) is 0 Å². The fraction of sp³-hybridized carbons (Fsp3) is 0.412. The van der Waals surface area contributed by atoms with Gasteiger partial charge in [-0.3, -0.25) is 0 Å². The molecule has 1 amide bonds. The number of hydrogen-bond donors (Lipinski definition) is 1. The summed E-state index contributed by atoms with van der Waals surface area (Å²) in [5, 5.41) is 14.0. The third-order valence-corrected chi connectivity index (χ3v) is 3.64. The minimum atomic E-state index is -0.944. The van der Waals surface area contributed by atoms with Gasteiger partial charge in [-0.2, -0.15) is 4.80 Å². The number of nitrogens with zero attached hydrogens (tertiary/aromatic N) is 4. The van der Waals surface area contributed by atoms with E-state index in [-0.39, 0.29) is 26.0 Å². The van der Waals surface area contributed by atoms with Crippen molar-refractivity contribution >= 4 is 18.0 Å². The number of rotatable bonds is 9. The summed E-state index contributed by atoms with van der Waals surface area (Å²) < 4.78 is 14.3. The minimum Gasteiger partial charge on any atom is -0.468 e. The van der Waals surface area contributed by atoms with Gasteiger partial charge >= 0.3 is 18.0 Å². The average Bonchev–Trinajstić information content (AvgIpc) is 3.16. The van der Waals surface area contributed by atoms with Crippen molar-refractivity contribution in [1.29, 1.82) is 0 Å². The summed E-state index contributed by atoms with van der Waals surface area (Å²) in [7, 11) is 2.47. The summed E-state index contributed by atoms with van der Waals surface area (Å²) in [5.74, 6) is -0.838. The molecule has 0 aliphatic rings. The van der Waals surface area contributed by atoms with E-state index >= 15 is 0 Å². The molecule has 0 fully saturated rings. The molecule has 1 aromatic carbocycles. The van der Waals surface area contributed by atoms with Crippen LogP contribution in [0.1, 0.15) is 17.8 Å². The first-order valence-electron chi connectivity index (χ1n) is 8.40. The normalized spacial score (nSPS) is 11.4. The highest BCUT2D eigenvalue weighted by atomic mass is 16.6. The molecule has 2 rings (SSSR count). The van der Waals surface area contributed by atoms with Crippen LogP contribution in [0.15, 0.2) is 30.3 Å². The summed E-state index contributed by atoms with van der Waals surface area (Å²) in [4.78, 5) is 36.2. The van der Waals surface area contributed by atoms with E-state index < -0.39 is 24.1 Å². The van der Waals surface area contributed by atoms with Crippen LogP contribution in [-0.2, 0) is 43.4 Å². The molecule has 150 valence electrons. The Kier molecular flexibility index (Phi) is 7.88. The second kappa shape index (κ2) is 10.6. The Morgan fingerprint density at radius 3 is 2.57 bits per heavy atom. The Bertz CT molecular complexity index is 794. The molecule has 0 bridgehead atoms. The zero-order chi connectivity index (χ0) is 20.4. The van der Waals surface area contributed by atoms with Crippen LogP contribution in [0.25, 0.3) is 0 Å². The molecule has 11 heteroatoms. The number of tetrazole rings is 1. The molecule has 1 N–H and O–H groups in total. The predicted molar refractivity (Wildman–Crippen MR) is 93.7 cm³/mol. The molecule has 11 nitrogen and oxygen atoms in total. The first-order chi connectivity index (χ1) is 13.5. The maximum absolute atomic E-state index is 12.0. The number of carbonyl (C=O) groups excluding carboxylic acids is 3. The number of alkyl carbamates (subject to hydrolysis) is 1. The van der Waals surface area contributed by atoms with Crippen LogP contribution >= 0.6 is 0 Å². The number of ether oxygens (including phenoxy) is 3. The molecule has 0 spiro atoms. The average molecular weight is 391 g/mol. The molecule has 0 saturated carbocycles. The molecule has 28 heavy (non-hydrogen) atoms. The molecule has 0 radical (unpaired) electrons. The highest BCUT2D eigenvalue weighted by molar-refractivity contribution is 5.81. The lowest BCUT2D eigenvalue weighted by atomic mass is 10.1. The molecular weight excluding hydrogens is 370 g/mol. The molecular formula is C17H21N5O6. The predicted octanol–water partition coefficient (Wildman–Crippen LogP) is 0.247. The molecule has 1 heterocycles. The van der Waals surface area contributed by atoms with E-state index in [9.17, 15) is 14.4 Å². The lowest BCUT2D eigenvalue weighted by molar-refractivity contribution is -0.143. The smallest absolute Gasteiger partial charge is 0.408 e. The van der Waals surface area contributed by atoms with Gasteiger partial charge in [-0.15, -0.1) is 10.2 Å². The van der Waals surface area contributed by atoms with Gasteiger partial charge < -0.3 is 19.5 Å². The van der Waals surface area contributed by atoms with Crippen molar-refractivity contribution < 1.29 is 28.6 Å². The van der Waals surface area contributed by atoms with Crippen LogP contribution in [0.3, 0.4) is 0 Å². The third-order valence-electron chi connectivity index (χ3n) is 3.64. The van der Waals surface area contributed by atoms with Gasteiger partial charge in [-0.1, -0.05) is 30.3 Å². The van der Waals surface area contributed by atoms with Crippen LogP contribution in [0, 0.1) is 0 Å². The maximum atomic E-state index is 12.0. The van der Waals surface area contributed by atoms with E-state index in [1.165, 1.54) is 14.2 Å². The molecule has 0 saturated heterocycles. The Hall–Kier alpha value is -3.50. The summed E-state index contributed by atoms with van der Waals surface area (Å²) in [6.07, 6.45) is -0.363. The monoisotopic (exact) mass is 391 g/mol. The van der Waals surface area contributed by atoms with Crippen molar-refractivity contribution in [2.24, 2.45) is 0 Å². The molecule has 0 aliphatic heterocycles. The number of amides is 1. The number of hydrogen-bond acceptors (Lipinski definition) is 9. The highest BCUT2D eigenvalue weighted by Crippen LogP contribution is 2.04. The van der Waals surface area contributed by atoms with E-state index in [1.807, 2.05) is 30.3 Å². The van der Waals surface area contributed by atoms with Gasteiger partial charge in [0, 0.05) is 6.42 Å². The Morgan fingerprint density at radius 2 is 1.89 bits per heavy atom. The van der Waals surface area contributed by atoms with Gasteiger partial charge in [0.2, 0.25) is 0 Å². The standard InChI is InChI=1S/C17H21N5O6/c1-26-15(23)10-22-20-14(19-21-22)9-8-13(16(24)27-2)18-17(25)28-11-12-6-4-3-5-7-12/h3-7,13H,8-11H2,1-2H3,(H,18,25)/t13-/m0/s1. The van der Waals surface area contributed by atoms with Gasteiger partial charge in [0.1, 0.15) is 12.6 Å². The summed E-state index contributed by atoms with van der Waals surface area (Å²) in [6, 6.07) is 8.19. The Morgan fingerprint density at radius 1 is 1.14 bits per heavy atom. The van der Waals surface area contributed by atoms with Crippen molar-refractivity contribution in [1.82, 2.24) is 25.5 Å². The van der Waals surface area contributed by atoms with Crippen molar-refractivity contribution in [3.63, 3.8) is 0 Å². The number of benzene rings is 1. The van der Waals surface area contributed by atoms with Crippen LogP contribution in [0.5, 0.6) is 0 Å². The number of methoxy groups -OCH3 is 2. The van der Waals surface area contributed by atoms with Gasteiger partial charge in [0.15, 0.2) is 12.4 Å². The van der Waals surface area contributed by atoms with Crippen LogP contribution < -0.4 is 5.32 Å². The van der Waals surface area contributed by atoms with Crippen molar-refractivity contribution in [3.8, 4) is 0 Å². The van der Waals surface area contributed by atoms with Gasteiger partial charge in [0.05, 0.1) is 14.2 Å². The third kappa shape index (κ3) is 6.67. The zero-order valence-electron chi connectivity index (χ0n) is 15.5.